The Morgan fingerprint density at radius 3 is 1.85 bits per heavy atom. The molecule has 0 atom stereocenters. The fourth-order valence-corrected chi connectivity index (χ4v) is 8.30. The molecule has 277 valence electrons. The van der Waals surface area contributed by atoms with Crippen molar-refractivity contribution in [2.24, 2.45) is 10.2 Å². The van der Waals surface area contributed by atoms with Crippen molar-refractivity contribution in [3.63, 3.8) is 0 Å². The summed E-state index contributed by atoms with van der Waals surface area (Å²) in [6, 6.07) is 6.84. The van der Waals surface area contributed by atoms with E-state index in [1.807, 2.05) is 0 Å². The minimum absolute atomic E-state index is 0. The van der Waals surface area contributed by atoms with E-state index in [0.29, 0.717) is 12.1 Å². The molecular weight excluding hydrogens is 841 g/mol. The first kappa shape index (κ1) is 42.3. The number of nitrogens with zero attached hydrogens (tertiary/aromatic N) is 4. The summed E-state index contributed by atoms with van der Waals surface area (Å²) < 4.78 is 161. The molecule has 0 aliphatic rings. The van der Waals surface area contributed by atoms with Gasteiger partial charge in [-0.1, -0.05) is 17.7 Å². The first-order valence-corrected chi connectivity index (χ1v) is 21.4. The van der Waals surface area contributed by atoms with Crippen molar-refractivity contribution in [2.75, 3.05) is 11.6 Å². The summed E-state index contributed by atoms with van der Waals surface area (Å²) >= 11 is 6.24. The summed E-state index contributed by atoms with van der Waals surface area (Å²) in [5.41, 5.74) is -1.67. The number of anilines is 2. The zero-order valence-electron chi connectivity index (χ0n) is 26.6. The van der Waals surface area contributed by atoms with E-state index in [-0.39, 0.29) is 62.6 Å². The molecule has 0 saturated carbocycles. The number of fused-ring (bicyclic) bond motifs is 2. The van der Waals surface area contributed by atoms with Crippen LogP contribution in [0.15, 0.2) is 83.5 Å². The molecule has 0 aliphatic heterocycles. The number of benzene rings is 4. The van der Waals surface area contributed by atoms with Crippen LogP contribution in [0.2, 0.25) is 5.02 Å². The normalized spacial score (nSPS) is 13.0. The molecular formula is C26H20ClN5NaO15S5. The maximum atomic E-state index is 12.5. The van der Waals surface area contributed by atoms with Gasteiger partial charge in [0.15, 0.2) is 11.6 Å². The molecule has 20 nitrogen and oxygen atoms in total. The molecule has 0 unspecified atom stereocenters. The Morgan fingerprint density at radius 2 is 1.30 bits per heavy atom. The van der Waals surface area contributed by atoms with Crippen LogP contribution >= 0.6 is 11.6 Å². The Bertz CT molecular complexity index is 3000. The summed E-state index contributed by atoms with van der Waals surface area (Å²) in [5.74, 6) is -1.11. The van der Waals surface area contributed by atoms with Gasteiger partial charge in [-0.3, -0.25) is 18.2 Å². The number of aryl methyl sites for hydroxylation is 1. The monoisotopic (exact) mass is 860 g/mol. The van der Waals surface area contributed by atoms with E-state index in [2.05, 4.69) is 25.5 Å². The summed E-state index contributed by atoms with van der Waals surface area (Å²) in [4.78, 5) is 2.87. The van der Waals surface area contributed by atoms with Gasteiger partial charge < -0.3 is 10.4 Å². The predicted octanol–water partition coefficient (Wildman–Crippen LogP) is 3.62. The molecule has 5 rings (SSSR count). The van der Waals surface area contributed by atoms with E-state index in [4.69, 9.17) is 11.6 Å². The number of nitrogens with one attached hydrogen (secondary N) is 1. The third-order valence-electron chi connectivity index (χ3n) is 7.01. The number of rotatable bonds is 9. The van der Waals surface area contributed by atoms with Gasteiger partial charge in [-0.15, -0.1) is 10.2 Å². The number of aromatic nitrogens is 2. The largest absolute Gasteiger partial charge is 0.505 e. The van der Waals surface area contributed by atoms with Gasteiger partial charge in [0, 0.05) is 57.7 Å². The minimum atomic E-state index is -5.52. The van der Waals surface area contributed by atoms with E-state index in [1.54, 1.807) is 0 Å². The van der Waals surface area contributed by atoms with Gasteiger partial charge in [-0.25, -0.2) is 13.4 Å². The number of phenols is 1. The Kier molecular flexibility index (Phi) is 11.4. The molecule has 1 radical (unpaired) electrons. The number of azo groups is 1. The average Bonchev–Trinajstić information content (AvgIpc) is 2.99. The van der Waals surface area contributed by atoms with Gasteiger partial charge >= 0.3 is 0 Å². The molecule has 27 heteroatoms. The van der Waals surface area contributed by atoms with E-state index in [9.17, 15) is 65.4 Å². The molecule has 0 amide bonds. The fourth-order valence-electron chi connectivity index (χ4n) is 4.79. The van der Waals surface area contributed by atoms with Gasteiger partial charge in [-0.2, -0.15) is 38.7 Å². The Morgan fingerprint density at radius 1 is 0.698 bits per heavy atom. The first-order chi connectivity index (χ1) is 23.7. The van der Waals surface area contributed by atoms with E-state index >= 15 is 0 Å². The molecule has 0 bridgehead atoms. The van der Waals surface area contributed by atoms with Crippen LogP contribution in [0.3, 0.4) is 0 Å². The van der Waals surface area contributed by atoms with Crippen molar-refractivity contribution in [1.29, 1.82) is 0 Å². The zero-order valence-corrected chi connectivity index (χ0v) is 33.5. The molecule has 0 spiro atoms. The number of halogens is 1. The van der Waals surface area contributed by atoms with Crippen LogP contribution in [0.25, 0.3) is 21.5 Å². The van der Waals surface area contributed by atoms with E-state index in [1.165, 1.54) is 25.1 Å². The molecule has 5 aromatic rings. The molecule has 0 fully saturated rings. The van der Waals surface area contributed by atoms with Gasteiger partial charge in [0.05, 0.1) is 10.6 Å². The maximum absolute atomic E-state index is 12.5. The van der Waals surface area contributed by atoms with Crippen molar-refractivity contribution in [2.45, 2.75) is 31.7 Å². The third-order valence-corrected chi connectivity index (χ3v) is 11.8. The van der Waals surface area contributed by atoms with E-state index in [0.717, 1.165) is 24.5 Å². The van der Waals surface area contributed by atoms with Gasteiger partial charge in [0.1, 0.15) is 31.1 Å². The molecule has 0 saturated heterocycles. The van der Waals surface area contributed by atoms with Gasteiger partial charge in [0.2, 0.25) is 15.0 Å². The number of hydrogen-bond donors (Lipinski definition) is 6. The summed E-state index contributed by atoms with van der Waals surface area (Å²) in [5, 5.41) is 18.6. The number of aromatic hydroxyl groups is 1. The quantitative estimate of drug-likeness (QED) is 0.0533. The predicted molar refractivity (Wildman–Crippen MR) is 187 cm³/mol. The van der Waals surface area contributed by atoms with Crippen molar-refractivity contribution in [1.82, 2.24) is 9.97 Å². The van der Waals surface area contributed by atoms with Crippen molar-refractivity contribution in [3.05, 3.63) is 59.2 Å². The van der Waals surface area contributed by atoms with Crippen LogP contribution in [0.5, 0.6) is 5.75 Å². The molecule has 1 aromatic heterocycles. The van der Waals surface area contributed by atoms with Crippen molar-refractivity contribution < 1.29 is 65.4 Å². The third kappa shape index (κ3) is 8.77. The van der Waals surface area contributed by atoms with Crippen molar-refractivity contribution >= 4 is 136 Å². The second-order valence-electron chi connectivity index (χ2n) is 10.7. The minimum Gasteiger partial charge on any atom is -0.505 e. The summed E-state index contributed by atoms with van der Waals surface area (Å²) in [7, 11) is -25.2. The second kappa shape index (κ2) is 14.3. The summed E-state index contributed by atoms with van der Waals surface area (Å²) in [6.45, 7) is 1.42. The Labute approximate surface area is 327 Å². The van der Waals surface area contributed by atoms with Crippen LogP contribution in [0.1, 0.15) is 5.69 Å². The molecule has 4 aromatic carbocycles. The topological polar surface area (TPSA) is 334 Å². The SMILES string of the molecule is Cc1nc(S(C)(=O)=O)nc(Nc2ccc3c(O)c(N=Nc4ccc5c(S(=O)(=O)O)cc(S(=O)(=O)O)cc5c4S(=O)(=O)O)c(S(=O)(=O)O)cc3c2)c1Cl.[Na]. The van der Waals surface area contributed by atoms with Crippen LogP contribution in [-0.4, -0.2) is 111 Å². The van der Waals surface area contributed by atoms with E-state index < -0.39 is 103 Å². The number of sulfone groups is 1. The number of phenolic OH excluding ortho intramolecular Hbond substituents is 1. The molecule has 53 heavy (non-hydrogen) atoms. The number of hydrogen-bond acceptors (Lipinski definition) is 16. The zero-order chi connectivity index (χ0) is 38.9. The average molecular weight is 861 g/mol. The Balaban J connectivity index is 0.00000627. The molecule has 0 aliphatic carbocycles. The van der Waals surface area contributed by atoms with Crippen LogP contribution in [-0.2, 0) is 50.3 Å². The fraction of sp³-hybridized carbons (Fsp3) is 0.0769. The van der Waals surface area contributed by atoms with Crippen molar-refractivity contribution in [3.8, 4) is 5.75 Å². The standard InChI is InChI=1S/C26H20ClN5O15S5.Na/c1-11-21(27)25(30-26(28-11)48(2,34)35)29-13-3-4-15-12(7-13)8-20(51(42,43)44)22(23(15)33)32-31-18-6-5-16-17(24(18)52(45,46)47)9-14(49(36,37)38)10-19(16)50(39,40)41;/h3-10,33H,1-2H3,(H,28,29,30)(H,36,37,38)(H,39,40,41)(H,42,43,44)(H,45,46,47);. The van der Waals surface area contributed by atoms with Crippen LogP contribution in [0.4, 0.5) is 22.9 Å². The van der Waals surface area contributed by atoms with Gasteiger partial charge in [-0.05, 0) is 54.8 Å². The molecule has 6 N–H and O–H groups in total. The van der Waals surface area contributed by atoms with Crippen LogP contribution < -0.4 is 5.32 Å². The maximum Gasteiger partial charge on any atom is 0.297 e. The Hall–Kier alpha value is -3.44. The summed E-state index contributed by atoms with van der Waals surface area (Å²) in [6.07, 6.45) is 0.868. The first-order valence-electron chi connectivity index (χ1n) is 13.4. The smallest absolute Gasteiger partial charge is 0.297 e. The van der Waals surface area contributed by atoms with Crippen LogP contribution in [0, 0.1) is 6.92 Å². The second-order valence-corrected chi connectivity index (χ2v) is 18.5. The molecule has 1 heterocycles. The van der Waals surface area contributed by atoms with Gasteiger partial charge in [0.25, 0.3) is 40.5 Å².